The number of halogens is 1. The normalized spacial score (nSPS) is 9.46. The van der Waals surface area contributed by atoms with E-state index in [0.29, 0.717) is 5.75 Å². The maximum Gasteiger partial charge on any atom is 0.251 e. The molecule has 1 rings (SSSR count). The number of carbonyl (C=O) groups is 1. The van der Waals surface area contributed by atoms with Gasteiger partial charge in [-0.2, -0.15) is 0 Å². The zero-order chi connectivity index (χ0) is 9.84. The highest BCUT2D eigenvalue weighted by atomic mass is 19.2. The summed E-state index contributed by atoms with van der Waals surface area (Å²) < 4.78 is 17.8. The molecule has 4 heteroatoms. The van der Waals surface area contributed by atoms with Crippen molar-refractivity contribution in [2.75, 3.05) is 12.2 Å². The van der Waals surface area contributed by atoms with E-state index in [1.54, 1.807) is 12.1 Å². The molecule has 0 bridgehead atoms. The standard InChI is InChI=1S/C9H10FNO2/c1-7(12)11(10)8-3-5-9(13-2)6-4-8/h3-6H,1-2H3. The number of methoxy groups -OCH3 is 1. The minimum atomic E-state index is -0.648. The van der Waals surface area contributed by atoms with Crippen LogP contribution in [0.4, 0.5) is 10.2 Å². The van der Waals surface area contributed by atoms with Crippen LogP contribution in [0.25, 0.3) is 0 Å². The molecule has 0 saturated heterocycles. The number of benzene rings is 1. The van der Waals surface area contributed by atoms with Gasteiger partial charge < -0.3 is 4.74 Å². The molecule has 1 aromatic rings. The first-order valence-corrected chi connectivity index (χ1v) is 3.75. The van der Waals surface area contributed by atoms with Crippen LogP contribution in [-0.2, 0) is 4.79 Å². The molecule has 1 aromatic carbocycles. The van der Waals surface area contributed by atoms with Crippen molar-refractivity contribution in [2.45, 2.75) is 6.92 Å². The molecular weight excluding hydrogens is 173 g/mol. The summed E-state index contributed by atoms with van der Waals surface area (Å²) in [5.74, 6) is -0.0223. The summed E-state index contributed by atoms with van der Waals surface area (Å²) in [6, 6.07) is 6.12. The fraction of sp³-hybridized carbons (Fsp3) is 0.222. The van der Waals surface area contributed by atoms with Gasteiger partial charge >= 0.3 is 0 Å². The lowest BCUT2D eigenvalue weighted by atomic mass is 10.3. The average molecular weight is 183 g/mol. The third-order valence-electron chi connectivity index (χ3n) is 1.58. The van der Waals surface area contributed by atoms with Crippen molar-refractivity contribution in [3.05, 3.63) is 24.3 Å². The van der Waals surface area contributed by atoms with Crippen LogP contribution >= 0.6 is 0 Å². The lowest BCUT2D eigenvalue weighted by Crippen LogP contribution is -2.17. The molecule has 3 nitrogen and oxygen atoms in total. The average Bonchev–Trinajstić information content (AvgIpc) is 2.17. The van der Waals surface area contributed by atoms with Gasteiger partial charge in [0, 0.05) is 6.92 Å². The van der Waals surface area contributed by atoms with Crippen LogP contribution in [0.5, 0.6) is 5.75 Å². The molecule has 0 fully saturated rings. The van der Waals surface area contributed by atoms with Gasteiger partial charge in [-0.25, -0.2) is 0 Å². The fourth-order valence-electron chi connectivity index (χ4n) is 0.895. The van der Waals surface area contributed by atoms with E-state index in [9.17, 15) is 9.28 Å². The number of amides is 1. The van der Waals surface area contributed by atoms with E-state index in [4.69, 9.17) is 4.74 Å². The third kappa shape index (κ3) is 2.18. The summed E-state index contributed by atoms with van der Waals surface area (Å²) >= 11 is 0. The molecule has 0 aromatic heterocycles. The number of rotatable bonds is 2. The smallest absolute Gasteiger partial charge is 0.251 e. The predicted molar refractivity (Wildman–Crippen MR) is 47.3 cm³/mol. The Bertz CT molecular complexity index is 297. The topological polar surface area (TPSA) is 29.5 Å². The minimum absolute atomic E-state index is 0.0828. The molecule has 70 valence electrons. The largest absolute Gasteiger partial charge is 0.497 e. The molecule has 0 aliphatic rings. The molecule has 0 atom stereocenters. The lowest BCUT2D eigenvalue weighted by Gasteiger charge is -2.09. The van der Waals surface area contributed by atoms with Gasteiger partial charge in [0.15, 0.2) is 0 Å². The maximum absolute atomic E-state index is 12.9. The highest BCUT2D eigenvalue weighted by molar-refractivity contribution is 5.89. The molecule has 0 spiro atoms. The molecule has 0 aliphatic heterocycles. The molecule has 0 aliphatic carbocycles. The third-order valence-corrected chi connectivity index (χ3v) is 1.58. The van der Waals surface area contributed by atoms with Crippen LogP contribution in [0.1, 0.15) is 6.92 Å². The van der Waals surface area contributed by atoms with E-state index in [2.05, 4.69) is 0 Å². The van der Waals surface area contributed by atoms with Crippen LogP contribution in [-0.4, -0.2) is 13.0 Å². The van der Waals surface area contributed by atoms with Crippen LogP contribution in [0.2, 0.25) is 0 Å². The van der Waals surface area contributed by atoms with Crippen LogP contribution in [0.15, 0.2) is 24.3 Å². The first kappa shape index (κ1) is 9.51. The lowest BCUT2D eigenvalue weighted by molar-refractivity contribution is -0.119. The number of carbonyl (C=O) groups excluding carboxylic acids is 1. The van der Waals surface area contributed by atoms with Crippen molar-refractivity contribution in [1.82, 2.24) is 0 Å². The molecule has 1 amide bonds. The first-order valence-electron chi connectivity index (χ1n) is 3.75. The van der Waals surface area contributed by atoms with Gasteiger partial charge in [-0.15, -0.1) is 5.12 Å². The van der Waals surface area contributed by atoms with Crippen molar-refractivity contribution in [2.24, 2.45) is 0 Å². The first-order chi connectivity index (χ1) is 6.15. The SMILES string of the molecule is COc1ccc(N(F)C(C)=O)cc1. The molecule has 0 radical (unpaired) electrons. The molecular formula is C9H10FNO2. The van der Waals surface area contributed by atoms with Crippen LogP contribution in [0, 0.1) is 0 Å². The number of nitrogens with zero attached hydrogens (tertiary/aromatic N) is 1. The van der Waals surface area contributed by atoms with Crippen molar-refractivity contribution in [3.63, 3.8) is 0 Å². The van der Waals surface area contributed by atoms with Gasteiger partial charge in [-0.3, -0.25) is 4.79 Å². The van der Waals surface area contributed by atoms with Crippen molar-refractivity contribution in [3.8, 4) is 5.75 Å². The van der Waals surface area contributed by atoms with E-state index < -0.39 is 5.91 Å². The number of hydrogen-bond donors (Lipinski definition) is 0. The highest BCUT2D eigenvalue weighted by Gasteiger charge is 2.08. The second kappa shape index (κ2) is 3.89. The Kier molecular flexibility index (Phi) is 2.84. The van der Waals surface area contributed by atoms with Gasteiger partial charge in [0.25, 0.3) is 5.91 Å². The minimum Gasteiger partial charge on any atom is -0.497 e. The second-order valence-electron chi connectivity index (χ2n) is 2.50. The summed E-state index contributed by atoms with van der Waals surface area (Å²) in [4.78, 5) is 10.6. The van der Waals surface area contributed by atoms with Crippen molar-refractivity contribution < 1.29 is 14.0 Å². The summed E-state index contributed by atoms with van der Waals surface area (Å²) in [5, 5.41) is 0.0828. The van der Waals surface area contributed by atoms with E-state index in [1.807, 2.05) is 0 Å². The second-order valence-corrected chi connectivity index (χ2v) is 2.50. The van der Waals surface area contributed by atoms with Crippen LogP contribution in [0.3, 0.4) is 0 Å². The predicted octanol–water partition coefficient (Wildman–Crippen LogP) is 1.93. The van der Waals surface area contributed by atoms with E-state index >= 15 is 0 Å². The Morgan fingerprint density at radius 3 is 2.31 bits per heavy atom. The summed E-state index contributed by atoms with van der Waals surface area (Å²) in [5.41, 5.74) is 0.202. The Morgan fingerprint density at radius 1 is 1.38 bits per heavy atom. The number of ether oxygens (including phenoxy) is 1. The Balaban J connectivity index is 2.85. The van der Waals surface area contributed by atoms with Gasteiger partial charge in [-0.05, 0) is 24.3 Å². The molecule has 0 heterocycles. The number of anilines is 1. The highest BCUT2D eigenvalue weighted by Crippen LogP contribution is 2.19. The Labute approximate surface area is 75.7 Å². The fourth-order valence-corrected chi connectivity index (χ4v) is 0.895. The van der Waals surface area contributed by atoms with E-state index in [-0.39, 0.29) is 10.8 Å². The Hall–Kier alpha value is -1.58. The monoisotopic (exact) mass is 183 g/mol. The van der Waals surface area contributed by atoms with Crippen molar-refractivity contribution in [1.29, 1.82) is 0 Å². The van der Waals surface area contributed by atoms with Crippen LogP contribution < -0.4 is 9.86 Å². The molecule has 0 unspecified atom stereocenters. The van der Waals surface area contributed by atoms with Gasteiger partial charge in [0.1, 0.15) is 5.75 Å². The zero-order valence-electron chi connectivity index (χ0n) is 7.45. The van der Waals surface area contributed by atoms with Crippen molar-refractivity contribution >= 4 is 11.6 Å². The maximum atomic E-state index is 12.9. The zero-order valence-corrected chi connectivity index (χ0v) is 7.45. The molecule has 13 heavy (non-hydrogen) atoms. The van der Waals surface area contributed by atoms with E-state index in [1.165, 1.54) is 19.2 Å². The Morgan fingerprint density at radius 2 is 1.92 bits per heavy atom. The summed E-state index contributed by atoms with van der Waals surface area (Å²) in [6.45, 7) is 1.16. The van der Waals surface area contributed by atoms with E-state index in [0.717, 1.165) is 6.92 Å². The molecule has 0 saturated carbocycles. The quantitative estimate of drug-likeness (QED) is 0.655. The summed E-state index contributed by atoms with van der Waals surface area (Å²) in [6.07, 6.45) is 0. The van der Waals surface area contributed by atoms with Gasteiger partial charge in [-0.1, -0.05) is 4.48 Å². The molecule has 0 N–H and O–H groups in total. The summed E-state index contributed by atoms with van der Waals surface area (Å²) in [7, 11) is 1.52. The number of hydrogen-bond acceptors (Lipinski definition) is 2. The van der Waals surface area contributed by atoms with Gasteiger partial charge in [0.05, 0.1) is 12.8 Å². The van der Waals surface area contributed by atoms with Gasteiger partial charge in [0.2, 0.25) is 0 Å².